The van der Waals surface area contributed by atoms with Crippen LogP contribution in [0.5, 0.6) is 11.5 Å². The summed E-state index contributed by atoms with van der Waals surface area (Å²) in [5, 5.41) is 9.08. The van der Waals surface area contributed by atoms with Crippen LogP contribution in [0.3, 0.4) is 0 Å². The first-order valence-electron chi connectivity index (χ1n) is 6.65. The molecule has 1 unspecified atom stereocenters. The zero-order valence-electron chi connectivity index (χ0n) is 11.9. The molecule has 0 spiro atoms. The molecule has 0 aromatic heterocycles. The average Bonchev–Trinajstić information content (AvgIpc) is 2.43. The largest absolute Gasteiger partial charge is 0.490 e. The number of rotatable bonds is 7. The first-order valence-corrected chi connectivity index (χ1v) is 6.65. The summed E-state index contributed by atoms with van der Waals surface area (Å²) in [6.07, 6.45) is 1.84. The normalized spacial score (nSPS) is 13.4. The number of hydrogen-bond acceptors (Lipinski definition) is 4. The molecular formula is C15H22N2O2. The molecule has 0 saturated carbocycles. The predicted octanol–water partition coefficient (Wildman–Crippen LogP) is 2.96. The van der Waals surface area contributed by atoms with Gasteiger partial charge in [-0.1, -0.05) is 19.9 Å². The van der Waals surface area contributed by atoms with Crippen molar-refractivity contribution in [3.05, 3.63) is 23.8 Å². The van der Waals surface area contributed by atoms with E-state index in [9.17, 15) is 0 Å². The van der Waals surface area contributed by atoms with Crippen molar-refractivity contribution < 1.29 is 9.47 Å². The van der Waals surface area contributed by atoms with Crippen molar-refractivity contribution in [3.8, 4) is 17.6 Å². The third kappa shape index (κ3) is 4.15. The zero-order chi connectivity index (χ0) is 14.3. The minimum absolute atomic E-state index is 0.611. The van der Waals surface area contributed by atoms with Crippen LogP contribution in [0.1, 0.15) is 39.2 Å². The summed E-state index contributed by atoms with van der Waals surface area (Å²) in [4.78, 5) is 0. The average molecular weight is 262 g/mol. The third-order valence-electron chi connectivity index (χ3n) is 2.70. The fourth-order valence-corrected chi connectivity index (χ4v) is 1.55. The van der Waals surface area contributed by atoms with Crippen LogP contribution in [-0.2, 0) is 5.54 Å². The summed E-state index contributed by atoms with van der Waals surface area (Å²) in [5.74, 6) is 1.35. The van der Waals surface area contributed by atoms with Crippen LogP contribution in [0.4, 0.5) is 0 Å². The SMILES string of the molecule is CCCOc1ccc(C(C)(N)C#N)cc1OCCC. The van der Waals surface area contributed by atoms with Crippen molar-refractivity contribution in [1.29, 1.82) is 5.26 Å². The van der Waals surface area contributed by atoms with E-state index in [4.69, 9.17) is 20.5 Å². The van der Waals surface area contributed by atoms with Gasteiger partial charge in [-0.05, 0) is 37.5 Å². The number of ether oxygens (including phenoxy) is 2. The molecule has 1 aromatic rings. The Hall–Kier alpha value is -1.73. The van der Waals surface area contributed by atoms with Gasteiger partial charge in [0.25, 0.3) is 0 Å². The molecule has 4 nitrogen and oxygen atoms in total. The highest BCUT2D eigenvalue weighted by atomic mass is 16.5. The van der Waals surface area contributed by atoms with Gasteiger partial charge in [0, 0.05) is 0 Å². The van der Waals surface area contributed by atoms with Crippen molar-refractivity contribution in [2.45, 2.75) is 39.2 Å². The molecule has 0 amide bonds. The van der Waals surface area contributed by atoms with Gasteiger partial charge in [-0.2, -0.15) is 5.26 Å². The van der Waals surface area contributed by atoms with Gasteiger partial charge in [-0.25, -0.2) is 0 Å². The molecule has 0 aliphatic rings. The first kappa shape index (κ1) is 15.3. The molecule has 0 aliphatic heterocycles. The van der Waals surface area contributed by atoms with Gasteiger partial charge in [0.1, 0.15) is 5.54 Å². The predicted molar refractivity (Wildman–Crippen MR) is 75.2 cm³/mol. The van der Waals surface area contributed by atoms with Crippen molar-refractivity contribution in [2.24, 2.45) is 5.73 Å². The van der Waals surface area contributed by atoms with E-state index in [2.05, 4.69) is 6.07 Å². The van der Waals surface area contributed by atoms with Gasteiger partial charge >= 0.3 is 0 Å². The zero-order valence-corrected chi connectivity index (χ0v) is 11.9. The van der Waals surface area contributed by atoms with E-state index in [0.29, 0.717) is 24.7 Å². The molecule has 1 aromatic carbocycles. The summed E-state index contributed by atoms with van der Waals surface area (Å²) < 4.78 is 11.3. The van der Waals surface area contributed by atoms with Crippen LogP contribution in [0.15, 0.2) is 18.2 Å². The summed E-state index contributed by atoms with van der Waals surface area (Å²) in [6.45, 7) is 7.02. The topological polar surface area (TPSA) is 68.3 Å². The molecule has 1 atom stereocenters. The van der Waals surface area contributed by atoms with Crippen molar-refractivity contribution >= 4 is 0 Å². The van der Waals surface area contributed by atoms with Gasteiger partial charge in [0.05, 0.1) is 19.3 Å². The second-order valence-corrected chi connectivity index (χ2v) is 4.67. The van der Waals surface area contributed by atoms with E-state index in [1.54, 1.807) is 13.0 Å². The molecule has 0 aliphatic carbocycles. The van der Waals surface area contributed by atoms with E-state index >= 15 is 0 Å². The van der Waals surface area contributed by atoms with E-state index in [-0.39, 0.29) is 0 Å². The quantitative estimate of drug-likeness (QED) is 0.820. The number of benzene rings is 1. The second-order valence-electron chi connectivity index (χ2n) is 4.67. The number of nitrogens with zero attached hydrogens (tertiary/aromatic N) is 1. The lowest BCUT2D eigenvalue weighted by atomic mass is 9.95. The van der Waals surface area contributed by atoms with Crippen molar-refractivity contribution in [1.82, 2.24) is 0 Å². The Kier molecular flexibility index (Phi) is 5.65. The first-order chi connectivity index (χ1) is 9.05. The van der Waals surface area contributed by atoms with Gasteiger partial charge in [-0.15, -0.1) is 0 Å². The van der Waals surface area contributed by atoms with Gasteiger partial charge < -0.3 is 15.2 Å². The Morgan fingerprint density at radius 1 is 1.16 bits per heavy atom. The lowest BCUT2D eigenvalue weighted by Gasteiger charge is -2.19. The molecule has 0 heterocycles. The summed E-state index contributed by atoms with van der Waals surface area (Å²) >= 11 is 0. The summed E-state index contributed by atoms with van der Waals surface area (Å²) in [5.41, 5.74) is 5.63. The molecule has 2 N–H and O–H groups in total. The standard InChI is InChI=1S/C15H22N2O2/c1-4-8-18-13-7-6-12(15(3,17)11-16)10-14(13)19-9-5-2/h6-7,10H,4-5,8-9,17H2,1-3H3. The Morgan fingerprint density at radius 3 is 2.26 bits per heavy atom. The Labute approximate surface area is 115 Å². The summed E-state index contributed by atoms with van der Waals surface area (Å²) in [7, 11) is 0. The lowest BCUT2D eigenvalue weighted by molar-refractivity contribution is 0.268. The molecule has 1 rings (SSSR count). The molecule has 0 radical (unpaired) electrons. The maximum absolute atomic E-state index is 9.08. The molecule has 4 heteroatoms. The maximum Gasteiger partial charge on any atom is 0.161 e. The number of nitriles is 1. The van der Waals surface area contributed by atoms with Crippen LogP contribution >= 0.6 is 0 Å². The minimum Gasteiger partial charge on any atom is -0.490 e. The van der Waals surface area contributed by atoms with Gasteiger partial charge in [0.15, 0.2) is 11.5 Å². The monoisotopic (exact) mass is 262 g/mol. The third-order valence-corrected chi connectivity index (χ3v) is 2.70. The lowest BCUT2D eigenvalue weighted by Crippen LogP contribution is -2.30. The Morgan fingerprint density at radius 2 is 1.74 bits per heavy atom. The highest BCUT2D eigenvalue weighted by Crippen LogP contribution is 2.32. The second kappa shape index (κ2) is 7.01. The number of hydrogen-bond donors (Lipinski definition) is 1. The van der Waals surface area contributed by atoms with Crippen LogP contribution in [0, 0.1) is 11.3 Å². The molecular weight excluding hydrogens is 240 g/mol. The number of nitrogens with two attached hydrogens (primary N) is 1. The molecule has 104 valence electrons. The Balaban J connectivity index is 3.04. The smallest absolute Gasteiger partial charge is 0.161 e. The fourth-order valence-electron chi connectivity index (χ4n) is 1.55. The van der Waals surface area contributed by atoms with Gasteiger partial charge in [0.2, 0.25) is 0 Å². The minimum atomic E-state index is -1.02. The highest BCUT2D eigenvalue weighted by molar-refractivity contribution is 5.46. The fraction of sp³-hybridized carbons (Fsp3) is 0.533. The molecule has 0 bridgehead atoms. The van der Waals surface area contributed by atoms with Crippen LogP contribution in [0.25, 0.3) is 0 Å². The van der Waals surface area contributed by atoms with Crippen LogP contribution in [-0.4, -0.2) is 13.2 Å². The van der Waals surface area contributed by atoms with E-state index in [1.807, 2.05) is 26.0 Å². The van der Waals surface area contributed by atoms with Crippen LogP contribution in [0.2, 0.25) is 0 Å². The summed E-state index contributed by atoms with van der Waals surface area (Å²) in [6, 6.07) is 7.51. The van der Waals surface area contributed by atoms with Crippen molar-refractivity contribution in [2.75, 3.05) is 13.2 Å². The molecule has 0 fully saturated rings. The Bertz CT molecular complexity index is 450. The maximum atomic E-state index is 9.08. The highest BCUT2D eigenvalue weighted by Gasteiger charge is 2.22. The molecule has 19 heavy (non-hydrogen) atoms. The van der Waals surface area contributed by atoms with E-state index in [0.717, 1.165) is 18.4 Å². The van der Waals surface area contributed by atoms with Gasteiger partial charge in [-0.3, -0.25) is 0 Å². The molecule has 0 saturated heterocycles. The van der Waals surface area contributed by atoms with E-state index < -0.39 is 5.54 Å². The van der Waals surface area contributed by atoms with E-state index in [1.165, 1.54) is 0 Å². The van der Waals surface area contributed by atoms with Crippen molar-refractivity contribution in [3.63, 3.8) is 0 Å². The van der Waals surface area contributed by atoms with Crippen LogP contribution < -0.4 is 15.2 Å².